The molecule has 6 heteroatoms. The van der Waals surface area contributed by atoms with Crippen molar-refractivity contribution in [1.82, 2.24) is 20.0 Å². The van der Waals surface area contributed by atoms with Crippen molar-refractivity contribution in [2.75, 3.05) is 6.54 Å². The van der Waals surface area contributed by atoms with Crippen molar-refractivity contribution in [2.45, 2.75) is 45.7 Å². The quantitative estimate of drug-likeness (QED) is 0.883. The lowest BCUT2D eigenvalue weighted by molar-refractivity contribution is -0.155. The van der Waals surface area contributed by atoms with Gasteiger partial charge in [-0.2, -0.15) is 5.10 Å². The smallest absolute Gasteiger partial charge is 0.246 e. The summed E-state index contributed by atoms with van der Waals surface area (Å²) in [4.78, 5) is 26.3. The highest BCUT2D eigenvalue weighted by atomic mass is 16.2. The minimum atomic E-state index is -0.743. The maximum absolute atomic E-state index is 12.3. The number of nitrogens with zero attached hydrogens (tertiary/aromatic N) is 3. The van der Waals surface area contributed by atoms with Crippen LogP contribution in [0.5, 0.6) is 0 Å². The Morgan fingerprint density at radius 3 is 2.50 bits per heavy atom. The second kappa shape index (κ2) is 5.26. The molecule has 1 aliphatic rings. The average Bonchev–Trinajstić information content (AvgIpc) is 2.73. The monoisotopic (exact) mass is 278 g/mol. The first-order chi connectivity index (χ1) is 9.44. The summed E-state index contributed by atoms with van der Waals surface area (Å²) in [5, 5.41) is 7.01. The van der Waals surface area contributed by atoms with E-state index in [4.69, 9.17) is 0 Å². The number of hydrogen-bond acceptors (Lipinski definition) is 3. The molecule has 0 aromatic carbocycles. The molecule has 2 amide bonds. The number of carbonyl (C=O) groups is 2. The standard InChI is InChI=1S/C14H22N4O2/c1-5-14(6-2)13(20)15-8-12(19)18(14)9-11-7-10(3)16-17(11)4/h7H,5-6,8-9H2,1-4H3,(H,15,20). The topological polar surface area (TPSA) is 67.2 Å². The number of aromatic nitrogens is 2. The zero-order valence-corrected chi connectivity index (χ0v) is 12.6. The van der Waals surface area contributed by atoms with Gasteiger partial charge in [0.1, 0.15) is 5.54 Å². The van der Waals surface area contributed by atoms with Gasteiger partial charge >= 0.3 is 0 Å². The molecule has 110 valence electrons. The molecular formula is C14H22N4O2. The molecule has 1 aromatic rings. The molecule has 1 aliphatic heterocycles. The van der Waals surface area contributed by atoms with Crippen molar-refractivity contribution in [3.8, 4) is 0 Å². The van der Waals surface area contributed by atoms with E-state index in [1.807, 2.05) is 33.9 Å². The van der Waals surface area contributed by atoms with E-state index in [0.29, 0.717) is 19.4 Å². The summed E-state index contributed by atoms with van der Waals surface area (Å²) in [6.07, 6.45) is 1.22. The molecule has 0 bridgehead atoms. The van der Waals surface area contributed by atoms with Crippen LogP contribution in [0.15, 0.2) is 6.07 Å². The summed E-state index contributed by atoms with van der Waals surface area (Å²) in [7, 11) is 1.86. The SMILES string of the molecule is CCC1(CC)C(=O)NCC(=O)N1Cc1cc(C)nn1C. The summed E-state index contributed by atoms with van der Waals surface area (Å²) in [6, 6.07) is 1.95. The Balaban J connectivity index is 2.36. The Morgan fingerprint density at radius 2 is 2.00 bits per heavy atom. The number of nitrogens with one attached hydrogen (secondary N) is 1. The summed E-state index contributed by atoms with van der Waals surface area (Å²) in [5.74, 6) is -0.0897. The molecular weight excluding hydrogens is 256 g/mol. The van der Waals surface area contributed by atoms with Crippen LogP contribution in [0.2, 0.25) is 0 Å². The second-order valence-electron chi connectivity index (χ2n) is 5.30. The maximum Gasteiger partial charge on any atom is 0.246 e. The molecule has 2 rings (SSSR count). The molecule has 6 nitrogen and oxygen atoms in total. The Hall–Kier alpha value is -1.85. The third-order valence-corrected chi connectivity index (χ3v) is 4.23. The number of carbonyl (C=O) groups excluding carboxylic acids is 2. The van der Waals surface area contributed by atoms with Crippen LogP contribution in [0.25, 0.3) is 0 Å². The van der Waals surface area contributed by atoms with Gasteiger partial charge in [0.25, 0.3) is 0 Å². The van der Waals surface area contributed by atoms with E-state index in [2.05, 4.69) is 10.4 Å². The van der Waals surface area contributed by atoms with Gasteiger partial charge in [-0.05, 0) is 25.8 Å². The van der Waals surface area contributed by atoms with E-state index in [1.165, 1.54) is 0 Å². The van der Waals surface area contributed by atoms with Crippen LogP contribution >= 0.6 is 0 Å². The fourth-order valence-corrected chi connectivity index (χ4v) is 2.94. The second-order valence-corrected chi connectivity index (χ2v) is 5.30. The van der Waals surface area contributed by atoms with E-state index >= 15 is 0 Å². The average molecular weight is 278 g/mol. The molecule has 20 heavy (non-hydrogen) atoms. The lowest BCUT2D eigenvalue weighted by Gasteiger charge is -2.44. The lowest BCUT2D eigenvalue weighted by atomic mass is 9.87. The molecule has 1 aromatic heterocycles. The lowest BCUT2D eigenvalue weighted by Crippen LogP contribution is -2.66. The third kappa shape index (κ3) is 2.19. The highest BCUT2D eigenvalue weighted by Crippen LogP contribution is 2.29. The minimum absolute atomic E-state index is 0.0350. The number of aryl methyl sites for hydroxylation is 2. The number of amides is 2. The van der Waals surface area contributed by atoms with Crippen LogP contribution in [-0.2, 0) is 23.2 Å². The molecule has 0 atom stereocenters. The third-order valence-electron chi connectivity index (χ3n) is 4.23. The summed E-state index contributed by atoms with van der Waals surface area (Å²) < 4.78 is 1.77. The van der Waals surface area contributed by atoms with Crippen LogP contribution < -0.4 is 5.32 Å². The van der Waals surface area contributed by atoms with Gasteiger partial charge in [-0.3, -0.25) is 14.3 Å². The molecule has 1 saturated heterocycles. The molecule has 1 N–H and O–H groups in total. The number of rotatable bonds is 4. The zero-order chi connectivity index (χ0) is 14.9. The van der Waals surface area contributed by atoms with Crippen molar-refractivity contribution in [3.05, 3.63) is 17.5 Å². The molecule has 0 aliphatic carbocycles. The zero-order valence-electron chi connectivity index (χ0n) is 12.6. The highest BCUT2D eigenvalue weighted by molar-refractivity contribution is 5.97. The number of hydrogen-bond donors (Lipinski definition) is 1. The van der Waals surface area contributed by atoms with Gasteiger partial charge < -0.3 is 10.2 Å². The fraction of sp³-hybridized carbons (Fsp3) is 0.643. The van der Waals surface area contributed by atoms with E-state index in [1.54, 1.807) is 9.58 Å². The van der Waals surface area contributed by atoms with Crippen molar-refractivity contribution in [3.63, 3.8) is 0 Å². The molecule has 2 heterocycles. The Labute approximate surface area is 119 Å². The molecule has 0 spiro atoms. The summed E-state index contributed by atoms with van der Waals surface area (Å²) in [5.41, 5.74) is 1.11. The molecule has 0 saturated carbocycles. The Bertz CT molecular complexity index is 531. The van der Waals surface area contributed by atoms with Gasteiger partial charge in [-0.15, -0.1) is 0 Å². The molecule has 0 unspecified atom stereocenters. The number of piperazine rings is 1. The normalized spacial score (nSPS) is 18.3. The maximum atomic E-state index is 12.3. The largest absolute Gasteiger partial charge is 0.345 e. The van der Waals surface area contributed by atoms with Crippen molar-refractivity contribution in [2.24, 2.45) is 7.05 Å². The minimum Gasteiger partial charge on any atom is -0.345 e. The van der Waals surface area contributed by atoms with Crippen molar-refractivity contribution in [1.29, 1.82) is 0 Å². The van der Waals surface area contributed by atoms with E-state index in [-0.39, 0.29) is 18.4 Å². The van der Waals surface area contributed by atoms with Crippen LogP contribution in [0, 0.1) is 6.92 Å². The first kappa shape index (κ1) is 14.6. The van der Waals surface area contributed by atoms with E-state index < -0.39 is 5.54 Å². The van der Waals surface area contributed by atoms with Gasteiger partial charge in [0.15, 0.2) is 0 Å². The Kier molecular flexibility index (Phi) is 3.83. The van der Waals surface area contributed by atoms with Crippen LogP contribution in [-0.4, -0.2) is 38.6 Å². The highest BCUT2D eigenvalue weighted by Gasteiger charge is 2.46. The van der Waals surface area contributed by atoms with Crippen LogP contribution in [0.3, 0.4) is 0 Å². The summed E-state index contributed by atoms with van der Waals surface area (Å²) in [6.45, 7) is 6.32. The first-order valence-corrected chi connectivity index (χ1v) is 7.03. The van der Waals surface area contributed by atoms with Gasteiger partial charge in [0, 0.05) is 7.05 Å². The molecule has 1 fully saturated rings. The van der Waals surface area contributed by atoms with Gasteiger partial charge in [0.05, 0.1) is 24.5 Å². The predicted octanol–water partition coefficient (Wildman–Crippen LogP) is 0.746. The predicted molar refractivity (Wildman–Crippen MR) is 74.8 cm³/mol. The molecule has 0 radical (unpaired) electrons. The fourth-order valence-electron chi connectivity index (χ4n) is 2.94. The van der Waals surface area contributed by atoms with Gasteiger partial charge in [-0.1, -0.05) is 13.8 Å². The van der Waals surface area contributed by atoms with Gasteiger partial charge in [0.2, 0.25) is 11.8 Å². The van der Waals surface area contributed by atoms with E-state index in [0.717, 1.165) is 11.4 Å². The van der Waals surface area contributed by atoms with Crippen molar-refractivity contribution < 1.29 is 9.59 Å². The van der Waals surface area contributed by atoms with Crippen LogP contribution in [0.4, 0.5) is 0 Å². The van der Waals surface area contributed by atoms with Gasteiger partial charge in [-0.25, -0.2) is 0 Å². The Morgan fingerprint density at radius 1 is 1.35 bits per heavy atom. The first-order valence-electron chi connectivity index (χ1n) is 7.03. The van der Waals surface area contributed by atoms with E-state index in [9.17, 15) is 9.59 Å². The van der Waals surface area contributed by atoms with Crippen molar-refractivity contribution >= 4 is 11.8 Å². The van der Waals surface area contributed by atoms with Crippen LogP contribution in [0.1, 0.15) is 38.1 Å². The summed E-state index contributed by atoms with van der Waals surface area (Å²) >= 11 is 0.